The molecule has 0 unspecified atom stereocenters. The van der Waals surface area contributed by atoms with Gasteiger partial charge in [-0.2, -0.15) is 4.99 Å². The fourth-order valence-electron chi connectivity index (χ4n) is 2.25. The number of aryl methyl sites for hydroxylation is 1. The summed E-state index contributed by atoms with van der Waals surface area (Å²) in [7, 11) is 1.65. The van der Waals surface area contributed by atoms with Crippen LogP contribution in [-0.2, 0) is 4.79 Å². The van der Waals surface area contributed by atoms with Gasteiger partial charge in [-0.3, -0.25) is 4.79 Å². The van der Waals surface area contributed by atoms with Crippen LogP contribution in [0.25, 0.3) is 17.0 Å². The second-order valence-corrected chi connectivity index (χ2v) is 6.66. The largest absolute Gasteiger partial charge is 0.497 e. The molecule has 0 aliphatic carbocycles. The number of amides is 1. The number of hydrogen-bond acceptors (Lipinski definition) is 4. The molecule has 1 aliphatic rings. The molecule has 1 aliphatic heterocycles. The Balaban J connectivity index is 2.09. The lowest BCUT2D eigenvalue weighted by atomic mass is 10.1. The van der Waals surface area contributed by atoms with Crippen LogP contribution < -0.4 is 4.74 Å². The minimum atomic E-state index is -0.166. The van der Waals surface area contributed by atoms with Gasteiger partial charge < -0.3 is 9.72 Å². The Kier molecular flexibility index (Phi) is 3.82. The first-order chi connectivity index (χ1) is 10.1. The van der Waals surface area contributed by atoms with Gasteiger partial charge in [-0.15, -0.1) is 11.8 Å². The van der Waals surface area contributed by atoms with E-state index in [1.807, 2.05) is 37.5 Å². The zero-order chi connectivity index (χ0) is 15.0. The molecule has 0 bridgehead atoms. The maximum atomic E-state index is 11.9. The maximum absolute atomic E-state index is 11.9. The summed E-state index contributed by atoms with van der Waals surface area (Å²) in [6, 6.07) is 5.88. The SMILES string of the molecule is COc1ccc2[nH]c(C)c(C=C3SC(SC)=NC3=O)c2c1. The molecule has 1 aromatic carbocycles. The van der Waals surface area contributed by atoms with Crippen molar-refractivity contribution in [2.24, 2.45) is 4.99 Å². The second-order valence-electron chi connectivity index (χ2n) is 4.57. The molecule has 4 nitrogen and oxygen atoms in total. The number of carbonyl (C=O) groups is 1. The van der Waals surface area contributed by atoms with Gasteiger partial charge in [-0.25, -0.2) is 0 Å². The molecule has 1 aromatic heterocycles. The molecule has 0 saturated carbocycles. The minimum Gasteiger partial charge on any atom is -0.497 e. The monoisotopic (exact) mass is 318 g/mol. The Hall–Kier alpha value is -1.66. The Morgan fingerprint density at radius 1 is 1.43 bits per heavy atom. The van der Waals surface area contributed by atoms with E-state index in [0.717, 1.165) is 32.3 Å². The van der Waals surface area contributed by atoms with E-state index >= 15 is 0 Å². The van der Waals surface area contributed by atoms with Gasteiger partial charge >= 0.3 is 0 Å². The third-order valence-corrected chi connectivity index (χ3v) is 5.26. The molecule has 0 radical (unpaired) electrons. The van der Waals surface area contributed by atoms with Crippen LogP contribution in [0.15, 0.2) is 28.1 Å². The Bertz CT molecular complexity index is 790. The predicted molar refractivity (Wildman–Crippen MR) is 91.1 cm³/mol. The number of aliphatic imine (C=N–C) groups is 1. The average molecular weight is 318 g/mol. The second kappa shape index (κ2) is 5.61. The Morgan fingerprint density at radius 3 is 2.90 bits per heavy atom. The van der Waals surface area contributed by atoms with Crippen LogP contribution in [0.3, 0.4) is 0 Å². The number of methoxy groups -OCH3 is 1. The molecule has 2 aromatic rings. The van der Waals surface area contributed by atoms with Gasteiger partial charge in [0.05, 0.1) is 12.0 Å². The molecule has 0 spiro atoms. The topological polar surface area (TPSA) is 54.4 Å². The summed E-state index contributed by atoms with van der Waals surface area (Å²) >= 11 is 2.91. The number of nitrogens with one attached hydrogen (secondary N) is 1. The highest BCUT2D eigenvalue weighted by Gasteiger charge is 2.22. The number of thioether (sulfide) groups is 2. The van der Waals surface area contributed by atoms with Crippen LogP contribution >= 0.6 is 23.5 Å². The number of aromatic nitrogens is 1. The maximum Gasteiger partial charge on any atom is 0.285 e. The number of rotatable bonds is 2. The zero-order valence-corrected chi connectivity index (χ0v) is 13.5. The van der Waals surface area contributed by atoms with E-state index < -0.39 is 0 Å². The number of carbonyl (C=O) groups excluding carboxylic acids is 1. The van der Waals surface area contributed by atoms with Crippen molar-refractivity contribution in [3.8, 4) is 5.75 Å². The van der Waals surface area contributed by atoms with E-state index in [1.54, 1.807) is 7.11 Å². The van der Waals surface area contributed by atoms with Crippen molar-refractivity contribution in [2.75, 3.05) is 13.4 Å². The third-order valence-electron chi connectivity index (χ3n) is 3.29. The molecule has 108 valence electrons. The number of fused-ring (bicyclic) bond motifs is 1. The van der Waals surface area contributed by atoms with Gasteiger partial charge in [0.1, 0.15) is 10.1 Å². The molecule has 21 heavy (non-hydrogen) atoms. The van der Waals surface area contributed by atoms with E-state index in [4.69, 9.17) is 4.74 Å². The molecule has 1 N–H and O–H groups in total. The van der Waals surface area contributed by atoms with Crippen LogP contribution in [0.5, 0.6) is 5.75 Å². The highest BCUT2D eigenvalue weighted by molar-refractivity contribution is 8.40. The van der Waals surface area contributed by atoms with Crippen molar-refractivity contribution in [3.63, 3.8) is 0 Å². The first kappa shape index (κ1) is 14.3. The molecule has 0 saturated heterocycles. The summed E-state index contributed by atoms with van der Waals surface area (Å²) in [6.07, 6.45) is 3.83. The molecule has 0 atom stereocenters. The first-order valence-corrected chi connectivity index (χ1v) is 8.39. The average Bonchev–Trinajstić information content (AvgIpc) is 3.00. The van der Waals surface area contributed by atoms with Gasteiger partial charge in [0.25, 0.3) is 5.91 Å². The number of hydrogen-bond donors (Lipinski definition) is 1. The smallest absolute Gasteiger partial charge is 0.285 e. The van der Waals surface area contributed by atoms with E-state index in [0.29, 0.717) is 4.91 Å². The summed E-state index contributed by atoms with van der Waals surface area (Å²) < 4.78 is 6.07. The number of H-pyrrole nitrogens is 1. The third kappa shape index (κ3) is 2.61. The van der Waals surface area contributed by atoms with Crippen LogP contribution in [0, 0.1) is 6.92 Å². The van der Waals surface area contributed by atoms with Crippen molar-refractivity contribution in [3.05, 3.63) is 34.4 Å². The summed E-state index contributed by atoms with van der Waals surface area (Å²) in [6.45, 7) is 2.00. The number of nitrogens with zero attached hydrogens (tertiary/aromatic N) is 1. The molecule has 1 amide bonds. The fraction of sp³-hybridized carbons (Fsp3) is 0.200. The van der Waals surface area contributed by atoms with Gasteiger partial charge in [-0.1, -0.05) is 11.8 Å². The first-order valence-electron chi connectivity index (χ1n) is 6.35. The van der Waals surface area contributed by atoms with Gasteiger partial charge in [-0.05, 0) is 37.5 Å². The fourth-order valence-corrected chi connectivity index (χ4v) is 3.65. The summed E-state index contributed by atoms with van der Waals surface area (Å²) in [5.74, 6) is 0.633. The molecule has 2 heterocycles. The lowest BCUT2D eigenvalue weighted by Gasteiger charge is -2.00. The normalized spacial score (nSPS) is 16.8. The van der Waals surface area contributed by atoms with Crippen molar-refractivity contribution >= 4 is 50.8 Å². The molecular weight excluding hydrogens is 304 g/mol. The predicted octanol–water partition coefficient (Wildman–Crippen LogP) is 3.82. The molecule has 3 rings (SSSR count). The van der Waals surface area contributed by atoms with Crippen molar-refractivity contribution in [2.45, 2.75) is 6.92 Å². The minimum absolute atomic E-state index is 0.166. The van der Waals surface area contributed by atoms with Crippen molar-refractivity contribution < 1.29 is 9.53 Å². The highest BCUT2D eigenvalue weighted by atomic mass is 32.2. The zero-order valence-electron chi connectivity index (χ0n) is 11.9. The van der Waals surface area contributed by atoms with E-state index in [9.17, 15) is 4.79 Å². The van der Waals surface area contributed by atoms with Gasteiger partial charge in [0, 0.05) is 22.2 Å². The Morgan fingerprint density at radius 2 is 2.24 bits per heavy atom. The standard InChI is InChI=1S/C15H14N2O2S2/c1-8-10(7-13-14(18)17-15(20-3)21-13)11-6-9(19-2)4-5-12(11)16-8/h4-7,16H,1-3H3. The number of benzene rings is 1. The van der Waals surface area contributed by atoms with Crippen LogP contribution in [0.4, 0.5) is 0 Å². The highest BCUT2D eigenvalue weighted by Crippen LogP contribution is 2.35. The summed E-state index contributed by atoms with van der Waals surface area (Å²) in [5, 5.41) is 1.05. The number of ether oxygens (including phenoxy) is 1. The van der Waals surface area contributed by atoms with Crippen molar-refractivity contribution in [1.29, 1.82) is 0 Å². The van der Waals surface area contributed by atoms with Crippen LogP contribution in [0.1, 0.15) is 11.3 Å². The summed E-state index contributed by atoms with van der Waals surface area (Å²) in [4.78, 5) is 19.9. The number of aromatic amines is 1. The van der Waals surface area contributed by atoms with Gasteiger partial charge in [0.2, 0.25) is 0 Å². The molecule has 6 heteroatoms. The summed E-state index contributed by atoms with van der Waals surface area (Å²) in [5.41, 5.74) is 3.07. The van der Waals surface area contributed by atoms with E-state index in [1.165, 1.54) is 23.5 Å². The van der Waals surface area contributed by atoms with Crippen LogP contribution in [-0.4, -0.2) is 28.6 Å². The Labute approximate surface area is 131 Å². The quantitative estimate of drug-likeness (QED) is 0.855. The molecule has 0 fully saturated rings. The lowest BCUT2D eigenvalue weighted by molar-refractivity contribution is -0.113. The molecular formula is C15H14N2O2S2. The van der Waals surface area contributed by atoms with Crippen molar-refractivity contribution in [1.82, 2.24) is 4.98 Å². The van der Waals surface area contributed by atoms with E-state index in [-0.39, 0.29) is 5.91 Å². The lowest BCUT2D eigenvalue weighted by Crippen LogP contribution is -1.88. The van der Waals surface area contributed by atoms with Crippen LogP contribution in [0.2, 0.25) is 0 Å². The van der Waals surface area contributed by atoms with Gasteiger partial charge in [0.15, 0.2) is 0 Å². The van der Waals surface area contributed by atoms with E-state index in [2.05, 4.69) is 9.98 Å².